The van der Waals surface area contributed by atoms with Gasteiger partial charge < -0.3 is 10.6 Å². The Bertz CT molecular complexity index is 1480. The van der Waals surface area contributed by atoms with Crippen molar-refractivity contribution in [2.45, 2.75) is 19.5 Å². The molecule has 0 saturated heterocycles. The van der Waals surface area contributed by atoms with Gasteiger partial charge in [-0.15, -0.1) is 15.3 Å². The van der Waals surface area contributed by atoms with Crippen molar-refractivity contribution in [1.29, 1.82) is 0 Å². The number of benzene rings is 1. The van der Waals surface area contributed by atoms with E-state index in [-0.39, 0.29) is 17.8 Å². The summed E-state index contributed by atoms with van der Waals surface area (Å²) >= 11 is 0. The van der Waals surface area contributed by atoms with Gasteiger partial charge in [-0.1, -0.05) is 24.3 Å². The van der Waals surface area contributed by atoms with Crippen molar-refractivity contribution in [3.8, 4) is 0 Å². The molecule has 0 saturated carbocycles. The molecule has 1 unspecified atom stereocenters. The van der Waals surface area contributed by atoms with Crippen molar-refractivity contribution in [3.05, 3.63) is 94.9 Å². The first-order valence-corrected chi connectivity index (χ1v) is 10.1. The van der Waals surface area contributed by atoms with Gasteiger partial charge in [0.1, 0.15) is 0 Å². The number of nitrogens with one attached hydrogen (secondary N) is 2. The lowest BCUT2D eigenvalue weighted by molar-refractivity contribution is 0.249. The highest BCUT2D eigenvalue weighted by Crippen LogP contribution is 2.14. The largest absolute Gasteiger partial charge is 0.350 e. The Morgan fingerprint density at radius 3 is 2.56 bits per heavy atom. The van der Waals surface area contributed by atoms with Crippen LogP contribution in [0.25, 0.3) is 11.3 Å². The Hall–Kier alpha value is -4.47. The highest BCUT2D eigenvalue weighted by molar-refractivity contribution is 5.89. The number of aromatic nitrogens is 6. The van der Waals surface area contributed by atoms with Gasteiger partial charge in [-0.25, -0.2) is 14.3 Å². The molecule has 1 aromatic carbocycles. The predicted octanol–water partition coefficient (Wildman–Crippen LogP) is 2.47. The molecular weight excluding hydrogens is 408 g/mol. The second kappa shape index (κ2) is 7.99. The van der Waals surface area contributed by atoms with Crippen LogP contribution in [0.2, 0.25) is 0 Å². The number of rotatable bonds is 5. The number of urea groups is 1. The van der Waals surface area contributed by atoms with Gasteiger partial charge in [0.15, 0.2) is 17.1 Å². The van der Waals surface area contributed by atoms with E-state index in [1.165, 1.54) is 9.08 Å². The molecule has 0 fully saturated rings. The number of carbonyl (C=O) groups excluding carboxylic acids is 1. The fourth-order valence-corrected chi connectivity index (χ4v) is 3.58. The lowest BCUT2D eigenvalue weighted by Gasteiger charge is -2.14. The van der Waals surface area contributed by atoms with E-state index < -0.39 is 0 Å². The number of hydrogen-bond acceptors (Lipinski definition) is 5. The number of anilines is 1. The minimum absolute atomic E-state index is 0.217. The maximum absolute atomic E-state index is 12.5. The van der Waals surface area contributed by atoms with Crippen LogP contribution in [0, 0.1) is 0 Å². The van der Waals surface area contributed by atoms with E-state index in [4.69, 9.17) is 0 Å². The summed E-state index contributed by atoms with van der Waals surface area (Å²) in [6.07, 6.45) is 3.54. The molecule has 1 atom stereocenters. The highest BCUT2D eigenvalue weighted by Gasteiger charge is 2.16. The fourth-order valence-electron chi connectivity index (χ4n) is 3.58. The first kappa shape index (κ1) is 19.5. The summed E-state index contributed by atoms with van der Waals surface area (Å²) in [5.74, 6) is 0.635. The van der Waals surface area contributed by atoms with Crippen molar-refractivity contribution in [2.75, 3.05) is 5.32 Å². The number of hydrogen-bond donors (Lipinski definition) is 2. The van der Waals surface area contributed by atoms with Gasteiger partial charge in [-0.2, -0.15) is 0 Å². The fraction of sp³-hybridized carbons (Fsp3) is 0.136. The van der Waals surface area contributed by atoms with Crippen molar-refractivity contribution in [3.63, 3.8) is 0 Å². The van der Waals surface area contributed by atoms with Crippen LogP contribution >= 0.6 is 0 Å². The number of pyridine rings is 2. The Kier molecular flexibility index (Phi) is 4.86. The zero-order valence-corrected chi connectivity index (χ0v) is 17.2. The topological polar surface area (TPSA) is 111 Å². The molecule has 0 aliphatic carbocycles. The van der Waals surface area contributed by atoms with Gasteiger partial charge in [0.05, 0.1) is 12.6 Å². The van der Waals surface area contributed by atoms with Crippen LogP contribution in [-0.2, 0) is 6.54 Å². The van der Waals surface area contributed by atoms with Crippen LogP contribution < -0.4 is 16.3 Å². The standard InChI is InChI=1S/C22H20N8O2/c1-15(20-26-25-18-9-2-4-11-28(18)20)23-21(31)24-17-8-6-7-16(13-17)14-30-22(32)29-12-5-3-10-19(29)27-30/h2-13,15H,14H2,1H3,(H2,23,24,31). The third-order valence-electron chi connectivity index (χ3n) is 5.08. The van der Waals surface area contributed by atoms with Gasteiger partial charge >= 0.3 is 11.7 Å². The molecule has 5 aromatic rings. The molecule has 0 radical (unpaired) electrons. The number of nitrogens with zero attached hydrogens (tertiary/aromatic N) is 6. The summed E-state index contributed by atoms with van der Waals surface area (Å²) < 4.78 is 4.72. The Labute approximate surface area is 182 Å². The van der Waals surface area contributed by atoms with Crippen LogP contribution in [0.4, 0.5) is 10.5 Å². The quantitative estimate of drug-likeness (QED) is 0.447. The first-order valence-electron chi connectivity index (χ1n) is 10.1. The molecule has 2 N–H and O–H groups in total. The maximum Gasteiger partial charge on any atom is 0.350 e. The van der Waals surface area contributed by atoms with Crippen molar-refractivity contribution in [2.24, 2.45) is 0 Å². The van der Waals surface area contributed by atoms with E-state index in [0.717, 1.165) is 5.56 Å². The molecule has 160 valence electrons. The average Bonchev–Trinajstić information content (AvgIpc) is 3.36. The maximum atomic E-state index is 12.5. The van der Waals surface area contributed by atoms with E-state index >= 15 is 0 Å². The van der Waals surface area contributed by atoms with Crippen molar-refractivity contribution in [1.82, 2.24) is 34.1 Å². The molecule has 0 aliphatic heterocycles. The summed E-state index contributed by atoms with van der Waals surface area (Å²) in [5.41, 5.74) is 2.53. The Morgan fingerprint density at radius 1 is 0.969 bits per heavy atom. The summed E-state index contributed by atoms with van der Waals surface area (Å²) in [6.45, 7) is 2.13. The molecule has 10 nitrogen and oxygen atoms in total. The summed E-state index contributed by atoms with van der Waals surface area (Å²) in [7, 11) is 0. The van der Waals surface area contributed by atoms with E-state index in [1.54, 1.807) is 24.4 Å². The molecule has 0 spiro atoms. The summed E-state index contributed by atoms with van der Waals surface area (Å²) in [5, 5.41) is 18.3. The summed E-state index contributed by atoms with van der Waals surface area (Å²) in [6, 6.07) is 17.6. The zero-order valence-electron chi connectivity index (χ0n) is 17.2. The second-order valence-corrected chi connectivity index (χ2v) is 7.38. The normalized spacial score (nSPS) is 12.2. The SMILES string of the molecule is CC(NC(=O)Nc1cccc(Cn2nc3ccccn3c2=O)c1)c1nnc2ccccn12. The van der Waals surface area contributed by atoms with Crippen molar-refractivity contribution >= 4 is 23.0 Å². The lowest BCUT2D eigenvalue weighted by atomic mass is 10.2. The van der Waals surface area contributed by atoms with Crippen molar-refractivity contribution < 1.29 is 4.79 Å². The average molecular weight is 428 g/mol. The van der Waals surface area contributed by atoms with Gasteiger partial charge in [0.2, 0.25) is 0 Å². The molecule has 2 amide bonds. The third-order valence-corrected chi connectivity index (χ3v) is 5.08. The second-order valence-electron chi connectivity index (χ2n) is 7.38. The lowest BCUT2D eigenvalue weighted by Crippen LogP contribution is -2.32. The smallest absolute Gasteiger partial charge is 0.328 e. The minimum atomic E-state index is -0.368. The van der Waals surface area contributed by atoms with Crippen LogP contribution in [0.5, 0.6) is 0 Å². The molecular formula is C22H20N8O2. The molecule has 10 heteroatoms. The van der Waals surface area contributed by atoms with Gasteiger partial charge in [0.25, 0.3) is 0 Å². The molecule has 4 heterocycles. The number of fused-ring (bicyclic) bond motifs is 2. The molecule has 0 bridgehead atoms. The zero-order chi connectivity index (χ0) is 22.1. The van der Waals surface area contributed by atoms with Gasteiger partial charge in [-0.05, 0) is 48.9 Å². The molecule has 32 heavy (non-hydrogen) atoms. The number of carbonyl (C=O) groups is 1. The number of amides is 2. The molecule has 0 aliphatic rings. The Morgan fingerprint density at radius 2 is 1.75 bits per heavy atom. The predicted molar refractivity (Wildman–Crippen MR) is 119 cm³/mol. The first-order chi connectivity index (χ1) is 15.6. The third kappa shape index (κ3) is 3.69. The van der Waals surface area contributed by atoms with Crippen LogP contribution in [0.15, 0.2) is 77.9 Å². The van der Waals surface area contributed by atoms with E-state index in [1.807, 2.05) is 60.0 Å². The van der Waals surface area contributed by atoms with Crippen LogP contribution in [-0.4, -0.2) is 34.8 Å². The van der Waals surface area contributed by atoms with E-state index in [9.17, 15) is 9.59 Å². The minimum Gasteiger partial charge on any atom is -0.328 e. The Balaban J connectivity index is 1.28. The highest BCUT2D eigenvalue weighted by atomic mass is 16.2. The van der Waals surface area contributed by atoms with E-state index in [0.29, 0.717) is 29.4 Å². The molecule has 4 aromatic heterocycles. The molecule has 5 rings (SSSR count). The van der Waals surface area contributed by atoms with Gasteiger partial charge in [-0.3, -0.25) is 8.80 Å². The van der Waals surface area contributed by atoms with Gasteiger partial charge in [0, 0.05) is 18.1 Å². The van der Waals surface area contributed by atoms with Crippen LogP contribution in [0.3, 0.4) is 0 Å². The van der Waals surface area contributed by atoms with E-state index in [2.05, 4.69) is 25.9 Å². The monoisotopic (exact) mass is 428 g/mol. The van der Waals surface area contributed by atoms with Crippen LogP contribution in [0.1, 0.15) is 24.4 Å². The summed E-state index contributed by atoms with van der Waals surface area (Å²) in [4.78, 5) is 25.0.